The van der Waals surface area contributed by atoms with E-state index < -0.39 is 0 Å². The maximum atomic E-state index is 11.8. The number of hydrogen-bond donors (Lipinski definition) is 2. The lowest BCUT2D eigenvalue weighted by atomic mass is 9.97. The Bertz CT molecular complexity index is 1290. The third kappa shape index (κ3) is 4.62. The summed E-state index contributed by atoms with van der Waals surface area (Å²) in [7, 11) is 3.79. The molecule has 0 spiro atoms. The van der Waals surface area contributed by atoms with Crippen molar-refractivity contribution in [2.45, 2.75) is 12.8 Å². The topological polar surface area (TPSA) is 103 Å². The minimum atomic E-state index is 0.108. The summed E-state index contributed by atoms with van der Waals surface area (Å²) in [6.07, 6.45) is 10.9. The van der Waals surface area contributed by atoms with E-state index in [2.05, 4.69) is 37.9 Å². The third-order valence-electron chi connectivity index (χ3n) is 5.87. The Balaban J connectivity index is 1.47. The Labute approximate surface area is 191 Å². The summed E-state index contributed by atoms with van der Waals surface area (Å²) in [4.78, 5) is 21.3. The largest absolute Gasteiger partial charge is 0.369 e. The van der Waals surface area contributed by atoms with Crippen molar-refractivity contribution in [2.75, 3.05) is 18.4 Å². The maximum Gasteiger partial charge on any atom is 0.220 e. The molecular formula is C24H26N8O. The van der Waals surface area contributed by atoms with Crippen molar-refractivity contribution < 1.29 is 4.79 Å². The normalized spacial score (nSPS) is 15.9. The van der Waals surface area contributed by atoms with Gasteiger partial charge in [0.05, 0.1) is 12.4 Å². The summed E-state index contributed by atoms with van der Waals surface area (Å²) in [5.41, 5.74) is 4.85. The number of aryl methyl sites for hydroxylation is 2. The molecule has 9 nitrogen and oxygen atoms in total. The van der Waals surface area contributed by atoms with E-state index >= 15 is 0 Å². The van der Waals surface area contributed by atoms with Gasteiger partial charge in [0.25, 0.3) is 0 Å². The fourth-order valence-corrected chi connectivity index (χ4v) is 4.10. The van der Waals surface area contributed by atoms with Gasteiger partial charge >= 0.3 is 0 Å². The molecule has 2 N–H and O–H groups in total. The number of carbonyl (C=O) groups excluding carboxylic acids is 1. The van der Waals surface area contributed by atoms with Crippen LogP contribution in [0, 0.1) is 5.92 Å². The van der Waals surface area contributed by atoms with E-state index in [9.17, 15) is 4.79 Å². The SMILES string of the molecule is Cn1cc(-c2cccc(-c3ncc(-c4cnn(C)c4)c(NCC4CCNC(=O)C4)n3)c2)cn1. The number of nitrogens with zero attached hydrogens (tertiary/aromatic N) is 6. The Morgan fingerprint density at radius 2 is 1.79 bits per heavy atom. The molecule has 1 aromatic carbocycles. The van der Waals surface area contributed by atoms with Crippen LogP contribution in [0.15, 0.2) is 55.2 Å². The highest BCUT2D eigenvalue weighted by molar-refractivity contribution is 5.78. The lowest BCUT2D eigenvalue weighted by molar-refractivity contribution is -0.123. The van der Waals surface area contributed by atoms with Crippen LogP contribution in [0.5, 0.6) is 0 Å². The zero-order chi connectivity index (χ0) is 22.8. The van der Waals surface area contributed by atoms with Gasteiger partial charge in [-0.1, -0.05) is 18.2 Å². The third-order valence-corrected chi connectivity index (χ3v) is 5.87. The number of carbonyl (C=O) groups is 1. The monoisotopic (exact) mass is 442 g/mol. The number of benzene rings is 1. The molecule has 1 aliphatic rings. The molecule has 1 aliphatic heterocycles. The fraction of sp³-hybridized carbons (Fsp3) is 0.292. The number of rotatable bonds is 6. The molecule has 1 saturated heterocycles. The standard InChI is InChI=1S/C24H26N8O/c1-31-14-19(11-28-31)17-4-3-5-18(9-17)23-27-13-21(20-12-29-32(2)15-20)24(30-23)26-10-16-6-7-25-22(33)8-16/h3-5,9,11-16H,6-8,10H2,1-2H3,(H,25,33)(H,26,27,30). The van der Waals surface area contributed by atoms with Gasteiger partial charge in [-0.25, -0.2) is 9.97 Å². The highest BCUT2D eigenvalue weighted by atomic mass is 16.1. The molecule has 0 radical (unpaired) electrons. The predicted octanol–water partition coefficient (Wildman–Crippen LogP) is 2.88. The van der Waals surface area contributed by atoms with Crippen LogP contribution in [0.4, 0.5) is 5.82 Å². The van der Waals surface area contributed by atoms with Crippen LogP contribution in [0.1, 0.15) is 12.8 Å². The van der Waals surface area contributed by atoms with Crippen molar-refractivity contribution in [1.29, 1.82) is 0 Å². The first-order valence-corrected chi connectivity index (χ1v) is 11.0. The minimum absolute atomic E-state index is 0.108. The molecule has 4 aromatic rings. The number of anilines is 1. The number of hydrogen-bond acceptors (Lipinski definition) is 6. The summed E-state index contributed by atoms with van der Waals surface area (Å²) in [6.45, 7) is 1.39. The van der Waals surface area contributed by atoms with E-state index in [1.165, 1.54) is 0 Å². The number of aromatic nitrogens is 6. The van der Waals surface area contributed by atoms with Gasteiger partial charge in [0.2, 0.25) is 5.91 Å². The second kappa shape index (κ2) is 8.85. The van der Waals surface area contributed by atoms with E-state index in [-0.39, 0.29) is 11.8 Å². The molecule has 33 heavy (non-hydrogen) atoms. The van der Waals surface area contributed by atoms with Crippen molar-refractivity contribution in [3.05, 3.63) is 55.2 Å². The van der Waals surface area contributed by atoms with Crippen LogP contribution < -0.4 is 10.6 Å². The van der Waals surface area contributed by atoms with Crippen LogP contribution in [0.25, 0.3) is 33.6 Å². The molecule has 1 amide bonds. The van der Waals surface area contributed by atoms with Gasteiger partial charge in [0.15, 0.2) is 5.82 Å². The second-order valence-corrected chi connectivity index (χ2v) is 8.43. The van der Waals surface area contributed by atoms with E-state index in [0.717, 1.165) is 46.6 Å². The predicted molar refractivity (Wildman–Crippen MR) is 126 cm³/mol. The Hall–Kier alpha value is -4.01. The van der Waals surface area contributed by atoms with Crippen LogP contribution in [0.2, 0.25) is 0 Å². The number of piperidine rings is 1. The molecular weight excluding hydrogens is 416 g/mol. The van der Waals surface area contributed by atoms with Gasteiger partial charge in [-0.3, -0.25) is 14.2 Å². The van der Waals surface area contributed by atoms with E-state index in [0.29, 0.717) is 18.8 Å². The molecule has 0 aliphatic carbocycles. The van der Waals surface area contributed by atoms with Gasteiger partial charge in [0.1, 0.15) is 5.82 Å². The van der Waals surface area contributed by atoms with Crippen LogP contribution in [-0.4, -0.2) is 48.5 Å². The fourth-order valence-electron chi connectivity index (χ4n) is 4.10. The van der Waals surface area contributed by atoms with Gasteiger partial charge in [-0.15, -0.1) is 0 Å². The first-order valence-electron chi connectivity index (χ1n) is 11.0. The average molecular weight is 443 g/mol. The Morgan fingerprint density at radius 3 is 2.52 bits per heavy atom. The van der Waals surface area contributed by atoms with Gasteiger partial charge in [-0.2, -0.15) is 10.2 Å². The average Bonchev–Trinajstić information content (AvgIpc) is 3.46. The van der Waals surface area contributed by atoms with Crippen molar-refractivity contribution in [3.8, 4) is 33.6 Å². The molecule has 1 fully saturated rings. The lowest BCUT2D eigenvalue weighted by Crippen LogP contribution is -2.36. The van der Waals surface area contributed by atoms with Gasteiger partial charge in [0, 0.05) is 74.5 Å². The van der Waals surface area contributed by atoms with Crippen molar-refractivity contribution in [2.24, 2.45) is 20.0 Å². The molecule has 9 heteroatoms. The van der Waals surface area contributed by atoms with Gasteiger partial charge in [-0.05, 0) is 24.0 Å². The molecule has 5 rings (SSSR count). The molecule has 1 atom stereocenters. The van der Waals surface area contributed by atoms with E-state index in [1.807, 2.05) is 51.0 Å². The summed E-state index contributed by atoms with van der Waals surface area (Å²) in [5, 5.41) is 14.9. The van der Waals surface area contributed by atoms with Gasteiger partial charge < -0.3 is 10.6 Å². The zero-order valence-corrected chi connectivity index (χ0v) is 18.7. The summed E-state index contributed by atoms with van der Waals surface area (Å²) in [5.74, 6) is 1.76. The summed E-state index contributed by atoms with van der Waals surface area (Å²) in [6, 6.07) is 8.14. The second-order valence-electron chi connectivity index (χ2n) is 8.43. The van der Waals surface area contributed by atoms with Crippen molar-refractivity contribution >= 4 is 11.7 Å². The number of nitrogens with one attached hydrogen (secondary N) is 2. The number of amides is 1. The molecule has 168 valence electrons. The molecule has 0 bridgehead atoms. The van der Waals surface area contributed by atoms with E-state index in [1.54, 1.807) is 15.6 Å². The molecule has 3 aromatic heterocycles. The minimum Gasteiger partial charge on any atom is -0.369 e. The first kappa shape index (κ1) is 20.9. The summed E-state index contributed by atoms with van der Waals surface area (Å²) >= 11 is 0. The highest BCUT2D eigenvalue weighted by Gasteiger charge is 2.20. The van der Waals surface area contributed by atoms with Crippen molar-refractivity contribution in [1.82, 2.24) is 34.8 Å². The Kier molecular flexibility index (Phi) is 5.60. The highest BCUT2D eigenvalue weighted by Crippen LogP contribution is 2.30. The van der Waals surface area contributed by atoms with Crippen LogP contribution in [0.3, 0.4) is 0 Å². The molecule has 1 unspecified atom stereocenters. The maximum absolute atomic E-state index is 11.8. The van der Waals surface area contributed by atoms with E-state index in [4.69, 9.17) is 4.98 Å². The molecule has 0 saturated carbocycles. The lowest BCUT2D eigenvalue weighted by Gasteiger charge is -2.23. The van der Waals surface area contributed by atoms with Crippen LogP contribution in [-0.2, 0) is 18.9 Å². The summed E-state index contributed by atoms with van der Waals surface area (Å²) < 4.78 is 3.55. The van der Waals surface area contributed by atoms with Crippen molar-refractivity contribution in [3.63, 3.8) is 0 Å². The Morgan fingerprint density at radius 1 is 1.03 bits per heavy atom. The smallest absolute Gasteiger partial charge is 0.220 e. The quantitative estimate of drug-likeness (QED) is 0.476. The van der Waals surface area contributed by atoms with Crippen LogP contribution >= 0.6 is 0 Å². The zero-order valence-electron chi connectivity index (χ0n) is 18.7. The first-order chi connectivity index (χ1) is 16.0. The molecule has 4 heterocycles.